The minimum absolute atomic E-state index is 0.00645. The number of hydrogen-bond donors (Lipinski definition) is 3. The van der Waals surface area contributed by atoms with Crippen molar-refractivity contribution in [1.29, 1.82) is 0 Å². The van der Waals surface area contributed by atoms with Crippen molar-refractivity contribution in [1.82, 2.24) is 0 Å². The monoisotopic (exact) mass is 410 g/mol. The topological polar surface area (TPSA) is 166 Å². The van der Waals surface area contributed by atoms with Crippen LogP contribution in [-0.4, -0.2) is 83.9 Å². The maximum atomic E-state index is 12.2. The van der Waals surface area contributed by atoms with E-state index in [0.717, 1.165) is 6.92 Å². The van der Waals surface area contributed by atoms with Crippen LogP contribution >= 0.6 is 0 Å². The summed E-state index contributed by atoms with van der Waals surface area (Å²) in [4.78, 5) is 46.9. The summed E-state index contributed by atoms with van der Waals surface area (Å²) in [6.45, 7) is 5.20. The quantitative estimate of drug-likeness (QED) is 0.285. The molecule has 11 nitrogen and oxygen atoms in total. The molecule has 3 N–H and O–H groups in total. The number of rotatable bonds is 11. The fourth-order valence-electron chi connectivity index (χ4n) is 1.81. The first kappa shape index (κ1) is 28.0. The van der Waals surface area contributed by atoms with Gasteiger partial charge in [0.15, 0.2) is 0 Å². The molecule has 0 radical (unpaired) electrons. The standard InChI is InChI=1S/C14H22O8.C3H8O3/c1-5-19-11(16)8-14(22-10(4)15,13(18)21-7-3)9-12(17)20-6-2;4-1-3(6)2-5/h5-9H2,1-4H3;3-6H,1-2H2. The van der Waals surface area contributed by atoms with E-state index >= 15 is 0 Å². The molecule has 0 aromatic carbocycles. The molecule has 0 unspecified atom stereocenters. The van der Waals surface area contributed by atoms with Gasteiger partial charge < -0.3 is 34.3 Å². The first-order chi connectivity index (χ1) is 13.1. The molecular formula is C17H30O11. The van der Waals surface area contributed by atoms with Crippen LogP contribution in [0.4, 0.5) is 0 Å². The van der Waals surface area contributed by atoms with Crippen molar-refractivity contribution in [2.75, 3.05) is 33.0 Å². The van der Waals surface area contributed by atoms with Gasteiger partial charge >= 0.3 is 23.9 Å². The summed E-state index contributed by atoms with van der Waals surface area (Å²) < 4.78 is 19.3. The molecule has 11 heteroatoms. The van der Waals surface area contributed by atoms with Gasteiger partial charge in [0.05, 0.1) is 45.9 Å². The van der Waals surface area contributed by atoms with Crippen LogP contribution in [0.5, 0.6) is 0 Å². The molecule has 0 aromatic rings. The van der Waals surface area contributed by atoms with E-state index in [4.69, 9.17) is 34.3 Å². The van der Waals surface area contributed by atoms with E-state index in [9.17, 15) is 19.2 Å². The normalized spacial score (nSPS) is 10.4. The van der Waals surface area contributed by atoms with Crippen molar-refractivity contribution in [3.63, 3.8) is 0 Å². The Morgan fingerprint density at radius 3 is 1.46 bits per heavy atom. The van der Waals surface area contributed by atoms with Gasteiger partial charge in [0, 0.05) is 6.92 Å². The van der Waals surface area contributed by atoms with Gasteiger partial charge in [-0.15, -0.1) is 0 Å². The summed E-state index contributed by atoms with van der Waals surface area (Å²) in [6, 6.07) is 0. The summed E-state index contributed by atoms with van der Waals surface area (Å²) in [5, 5.41) is 24.0. The molecule has 0 fully saturated rings. The van der Waals surface area contributed by atoms with Gasteiger partial charge in [0.1, 0.15) is 6.10 Å². The number of carbonyl (C=O) groups is 4. The van der Waals surface area contributed by atoms with Crippen molar-refractivity contribution in [2.24, 2.45) is 0 Å². The molecule has 0 rings (SSSR count). The molecule has 0 bridgehead atoms. The Kier molecular flexibility index (Phi) is 15.8. The first-order valence-corrected chi connectivity index (χ1v) is 8.70. The highest BCUT2D eigenvalue weighted by atomic mass is 16.6. The Labute approximate surface area is 163 Å². The lowest BCUT2D eigenvalue weighted by molar-refractivity contribution is -0.189. The SMILES string of the molecule is CCOC(=O)CC(CC(=O)OCC)(OC(C)=O)C(=O)OCC.OCC(O)CO. The molecule has 28 heavy (non-hydrogen) atoms. The molecule has 0 aliphatic rings. The highest BCUT2D eigenvalue weighted by Crippen LogP contribution is 2.25. The van der Waals surface area contributed by atoms with Crippen LogP contribution in [0.2, 0.25) is 0 Å². The molecule has 0 saturated carbocycles. The van der Waals surface area contributed by atoms with Crippen LogP contribution in [0, 0.1) is 0 Å². The van der Waals surface area contributed by atoms with Crippen molar-refractivity contribution < 1.29 is 53.4 Å². The van der Waals surface area contributed by atoms with Crippen LogP contribution in [0.25, 0.3) is 0 Å². The van der Waals surface area contributed by atoms with E-state index in [-0.39, 0.29) is 33.0 Å². The molecule has 164 valence electrons. The first-order valence-electron chi connectivity index (χ1n) is 8.70. The smallest absolute Gasteiger partial charge is 0.351 e. The summed E-state index contributed by atoms with van der Waals surface area (Å²) in [6.07, 6.45) is -2.21. The molecule has 0 atom stereocenters. The van der Waals surface area contributed by atoms with Gasteiger partial charge in [-0.2, -0.15) is 0 Å². The third-order valence-electron chi connectivity index (χ3n) is 2.88. The van der Waals surface area contributed by atoms with Crippen molar-refractivity contribution in [3.8, 4) is 0 Å². The third-order valence-corrected chi connectivity index (χ3v) is 2.88. The average Bonchev–Trinajstić information content (AvgIpc) is 2.61. The Morgan fingerprint density at radius 1 is 0.821 bits per heavy atom. The molecule has 0 saturated heterocycles. The number of hydrogen-bond acceptors (Lipinski definition) is 11. The molecule has 0 aliphatic heterocycles. The zero-order chi connectivity index (χ0) is 22.2. The highest BCUT2D eigenvalue weighted by Gasteiger charge is 2.48. The number of carbonyl (C=O) groups excluding carboxylic acids is 4. The zero-order valence-corrected chi connectivity index (χ0v) is 16.6. The molecule has 0 aromatic heterocycles. The Balaban J connectivity index is 0. The summed E-state index contributed by atoms with van der Waals surface area (Å²) in [5.74, 6) is -3.41. The van der Waals surface area contributed by atoms with Crippen molar-refractivity contribution >= 4 is 23.9 Å². The number of aliphatic hydroxyl groups is 3. The minimum Gasteiger partial charge on any atom is -0.466 e. The summed E-state index contributed by atoms with van der Waals surface area (Å²) in [7, 11) is 0. The van der Waals surface area contributed by atoms with Crippen LogP contribution in [0.15, 0.2) is 0 Å². The van der Waals surface area contributed by atoms with Gasteiger partial charge in [-0.25, -0.2) is 4.79 Å². The number of aliphatic hydroxyl groups excluding tert-OH is 3. The van der Waals surface area contributed by atoms with Crippen molar-refractivity contribution in [3.05, 3.63) is 0 Å². The molecular weight excluding hydrogens is 380 g/mol. The molecule has 0 spiro atoms. The van der Waals surface area contributed by atoms with Gasteiger partial charge in [-0.05, 0) is 20.8 Å². The Bertz CT molecular complexity index is 465. The lowest BCUT2D eigenvalue weighted by atomic mass is 9.95. The van der Waals surface area contributed by atoms with Crippen LogP contribution < -0.4 is 0 Å². The second kappa shape index (κ2) is 15.8. The number of ether oxygens (including phenoxy) is 4. The highest BCUT2D eigenvalue weighted by molar-refractivity contribution is 5.92. The van der Waals surface area contributed by atoms with Gasteiger partial charge in [-0.1, -0.05) is 0 Å². The molecule has 0 aliphatic carbocycles. The maximum absolute atomic E-state index is 12.2. The average molecular weight is 410 g/mol. The van der Waals surface area contributed by atoms with Crippen LogP contribution in [-0.2, 0) is 38.1 Å². The van der Waals surface area contributed by atoms with Gasteiger partial charge in [0.25, 0.3) is 0 Å². The van der Waals surface area contributed by atoms with E-state index in [0.29, 0.717) is 0 Å². The van der Waals surface area contributed by atoms with Gasteiger partial charge in [-0.3, -0.25) is 14.4 Å². The fraction of sp³-hybridized carbons (Fsp3) is 0.765. The van der Waals surface area contributed by atoms with E-state index in [2.05, 4.69) is 0 Å². The molecule has 0 amide bonds. The van der Waals surface area contributed by atoms with E-state index < -0.39 is 48.4 Å². The zero-order valence-electron chi connectivity index (χ0n) is 16.6. The second-order valence-electron chi connectivity index (χ2n) is 5.29. The lowest BCUT2D eigenvalue weighted by Crippen LogP contribution is -2.48. The molecule has 0 heterocycles. The van der Waals surface area contributed by atoms with E-state index in [1.807, 2.05) is 0 Å². The van der Waals surface area contributed by atoms with Gasteiger partial charge in [0.2, 0.25) is 5.60 Å². The number of esters is 4. The summed E-state index contributed by atoms with van der Waals surface area (Å²) in [5.41, 5.74) is -2.08. The Hall–Kier alpha value is -2.24. The predicted octanol–water partition coefficient (Wildman–Crippen LogP) is -0.910. The van der Waals surface area contributed by atoms with Crippen LogP contribution in [0.3, 0.4) is 0 Å². The van der Waals surface area contributed by atoms with Crippen LogP contribution in [0.1, 0.15) is 40.5 Å². The predicted molar refractivity (Wildman–Crippen MR) is 93.8 cm³/mol. The van der Waals surface area contributed by atoms with E-state index in [1.54, 1.807) is 20.8 Å². The summed E-state index contributed by atoms with van der Waals surface area (Å²) >= 11 is 0. The Morgan fingerprint density at radius 2 is 1.21 bits per heavy atom. The minimum atomic E-state index is -2.08. The third kappa shape index (κ3) is 12.2. The van der Waals surface area contributed by atoms with E-state index in [1.165, 1.54) is 0 Å². The second-order valence-corrected chi connectivity index (χ2v) is 5.29. The van der Waals surface area contributed by atoms with Crippen molar-refractivity contribution in [2.45, 2.75) is 52.2 Å². The lowest BCUT2D eigenvalue weighted by Gasteiger charge is -2.28. The maximum Gasteiger partial charge on any atom is 0.351 e. The fourth-order valence-corrected chi connectivity index (χ4v) is 1.81. The largest absolute Gasteiger partial charge is 0.466 e.